The van der Waals surface area contributed by atoms with Crippen LogP contribution in [0.25, 0.3) is 0 Å². The zero-order valence-electron chi connectivity index (χ0n) is 12.3. The van der Waals surface area contributed by atoms with Gasteiger partial charge in [-0.3, -0.25) is 0 Å². The minimum absolute atomic E-state index is 0.430. The van der Waals surface area contributed by atoms with Crippen molar-refractivity contribution in [3.05, 3.63) is 45.9 Å². The van der Waals surface area contributed by atoms with E-state index >= 15 is 0 Å². The Kier molecular flexibility index (Phi) is 6.07. The molecular formula is C16H22N2S2. The Balaban J connectivity index is 1.83. The van der Waals surface area contributed by atoms with Crippen LogP contribution in [0.2, 0.25) is 0 Å². The van der Waals surface area contributed by atoms with Crippen LogP contribution in [-0.2, 0) is 6.42 Å². The van der Waals surface area contributed by atoms with E-state index in [0.29, 0.717) is 6.04 Å². The van der Waals surface area contributed by atoms with Gasteiger partial charge in [-0.15, -0.1) is 23.1 Å². The third kappa shape index (κ3) is 4.33. The van der Waals surface area contributed by atoms with Gasteiger partial charge in [0, 0.05) is 21.6 Å². The lowest BCUT2D eigenvalue weighted by atomic mass is 10.1. The Morgan fingerprint density at radius 3 is 2.65 bits per heavy atom. The molecule has 0 amide bonds. The Labute approximate surface area is 130 Å². The Morgan fingerprint density at radius 1 is 1.30 bits per heavy atom. The van der Waals surface area contributed by atoms with Gasteiger partial charge in [-0.2, -0.15) is 0 Å². The molecule has 0 saturated carbocycles. The van der Waals surface area contributed by atoms with Crippen molar-refractivity contribution >= 4 is 23.1 Å². The summed E-state index contributed by atoms with van der Waals surface area (Å²) in [4.78, 5) is 7.05. The number of rotatable bonds is 7. The maximum absolute atomic E-state index is 4.29. The number of benzene rings is 1. The van der Waals surface area contributed by atoms with Crippen LogP contribution in [0.5, 0.6) is 0 Å². The maximum Gasteiger partial charge on any atom is 0.0797 e. The highest BCUT2D eigenvalue weighted by atomic mass is 32.2. The highest BCUT2D eigenvalue weighted by Gasteiger charge is 2.04. The van der Waals surface area contributed by atoms with Crippen molar-refractivity contribution in [1.29, 1.82) is 0 Å². The van der Waals surface area contributed by atoms with Crippen LogP contribution in [0, 0.1) is 6.92 Å². The van der Waals surface area contributed by atoms with E-state index < -0.39 is 0 Å². The van der Waals surface area contributed by atoms with Crippen LogP contribution in [0.3, 0.4) is 0 Å². The van der Waals surface area contributed by atoms with Gasteiger partial charge in [0.2, 0.25) is 0 Å². The van der Waals surface area contributed by atoms with Gasteiger partial charge in [-0.05, 0) is 44.5 Å². The summed E-state index contributed by atoms with van der Waals surface area (Å²) in [6.45, 7) is 7.44. The number of nitrogens with one attached hydrogen (secondary N) is 1. The van der Waals surface area contributed by atoms with E-state index in [4.69, 9.17) is 0 Å². The van der Waals surface area contributed by atoms with Crippen molar-refractivity contribution in [2.24, 2.45) is 0 Å². The SMILES string of the molecule is CCNC(C)c1ccc(SCCc2scnc2C)cc1. The first kappa shape index (κ1) is 15.5. The van der Waals surface area contributed by atoms with E-state index in [1.54, 1.807) is 11.3 Å². The van der Waals surface area contributed by atoms with Crippen molar-refractivity contribution in [3.63, 3.8) is 0 Å². The van der Waals surface area contributed by atoms with Gasteiger partial charge in [0.15, 0.2) is 0 Å². The molecule has 0 fully saturated rings. The number of hydrogen-bond acceptors (Lipinski definition) is 4. The average Bonchev–Trinajstić information content (AvgIpc) is 2.85. The number of aromatic nitrogens is 1. The smallest absolute Gasteiger partial charge is 0.0797 e. The van der Waals surface area contributed by atoms with Crippen LogP contribution >= 0.6 is 23.1 Å². The molecule has 0 aliphatic rings. The third-order valence-corrected chi connectivity index (χ3v) is 5.34. The lowest BCUT2D eigenvalue weighted by molar-refractivity contribution is 0.598. The number of aryl methyl sites for hydroxylation is 2. The average molecular weight is 306 g/mol. The van der Waals surface area contributed by atoms with E-state index in [1.807, 2.05) is 17.3 Å². The van der Waals surface area contributed by atoms with Gasteiger partial charge >= 0.3 is 0 Å². The molecule has 108 valence electrons. The molecule has 0 bridgehead atoms. The predicted molar refractivity (Wildman–Crippen MR) is 89.8 cm³/mol. The molecular weight excluding hydrogens is 284 g/mol. The topological polar surface area (TPSA) is 24.9 Å². The van der Waals surface area contributed by atoms with Gasteiger partial charge in [-0.1, -0.05) is 19.1 Å². The highest BCUT2D eigenvalue weighted by Crippen LogP contribution is 2.23. The Hall–Kier alpha value is -0.840. The first-order valence-electron chi connectivity index (χ1n) is 7.05. The molecule has 1 heterocycles. The summed E-state index contributed by atoms with van der Waals surface area (Å²) in [5, 5.41) is 3.44. The third-order valence-electron chi connectivity index (χ3n) is 3.33. The van der Waals surface area contributed by atoms with Crippen molar-refractivity contribution in [2.45, 2.75) is 38.1 Å². The van der Waals surface area contributed by atoms with E-state index in [0.717, 1.165) is 18.7 Å². The minimum atomic E-state index is 0.430. The molecule has 0 aliphatic heterocycles. The maximum atomic E-state index is 4.29. The molecule has 1 aromatic carbocycles. The molecule has 0 spiro atoms. The highest BCUT2D eigenvalue weighted by molar-refractivity contribution is 7.99. The summed E-state index contributed by atoms with van der Waals surface area (Å²) in [5.74, 6) is 1.12. The molecule has 0 radical (unpaired) electrons. The first-order valence-corrected chi connectivity index (χ1v) is 8.92. The second-order valence-corrected chi connectivity index (χ2v) is 6.92. The predicted octanol–water partition coefficient (Wildman–Crippen LogP) is 4.46. The molecule has 20 heavy (non-hydrogen) atoms. The second kappa shape index (κ2) is 7.81. The van der Waals surface area contributed by atoms with Crippen LogP contribution in [0.15, 0.2) is 34.7 Å². The van der Waals surface area contributed by atoms with Crippen LogP contribution in [0.4, 0.5) is 0 Å². The first-order chi connectivity index (χ1) is 9.70. The van der Waals surface area contributed by atoms with E-state index in [2.05, 4.69) is 55.3 Å². The number of hydrogen-bond donors (Lipinski definition) is 1. The molecule has 2 rings (SSSR count). The molecule has 0 saturated heterocycles. The Morgan fingerprint density at radius 2 is 2.05 bits per heavy atom. The zero-order valence-corrected chi connectivity index (χ0v) is 14.0. The van der Waals surface area contributed by atoms with Crippen LogP contribution in [-0.4, -0.2) is 17.3 Å². The summed E-state index contributed by atoms with van der Waals surface area (Å²) in [7, 11) is 0. The van der Waals surface area contributed by atoms with Gasteiger partial charge in [0.25, 0.3) is 0 Å². The molecule has 1 N–H and O–H groups in total. The van der Waals surface area contributed by atoms with Crippen molar-refractivity contribution in [1.82, 2.24) is 10.3 Å². The van der Waals surface area contributed by atoms with E-state index in [-0.39, 0.29) is 0 Å². The van der Waals surface area contributed by atoms with Gasteiger partial charge in [-0.25, -0.2) is 4.98 Å². The van der Waals surface area contributed by atoms with Gasteiger partial charge < -0.3 is 5.32 Å². The van der Waals surface area contributed by atoms with Crippen LogP contribution < -0.4 is 5.32 Å². The molecule has 2 nitrogen and oxygen atoms in total. The number of nitrogens with zero attached hydrogens (tertiary/aromatic N) is 1. The zero-order chi connectivity index (χ0) is 14.4. The lowest BCUT2D eigenvalue weighted by Crippen LogP contribution is -2.17. The molecule has 4 heteroatoms. The molecule has 1 atom stereocenters. The molecule has 1 unspecified atom stereocenters. The molecule has 2 aromatic rings. The van der Waals surface area contributed by atoms with Gasteiger partial charge in [0.05, 0.1) is 11.2 Å². The van der Waals surface area contributed by atoms with Crippen molar-refractivity contribution in [2.75, 3.05) is 12.3 Å². The summed E-state index contributed by atoms with van der Waals surface area (Å²) < 4.78 is 0. The number of thioether (sulfide) groups is 1. The van der Waals surface area contributed by atoms with Crippen molar-refractivity contribution in [3.8, 4) is 0 Å². The summed E-state index contributed by atoms with van der Waals surface area (Å²) in [6.07, 6.45) is 1.11. The van der Waals surface area contributed by atoms with Gasteiger partial charge in [0.1, 0.15) is 0 Å². The second-order valence-electron chi connectivity index (χ2n) is 4.81. The standard InChI is InChI=1S/C16H22N2S2/c1-4-17-12(2)14-5-7-15(8-6-14)19-10-9-16-13(3)18-11-20-16/h5-8,11-12,17H,4,9-10H2,1-3H3. The summed E-state index contributed by atoms with van der Waals surface area (Å²) in [5.41, 5.74) is 4.48. The van der Waals surface area contributed by atoms with Crippen LogP contribution in [0.1, 0.15) is 36.0 Å². The van der Waals surface area contributed by atoms with E-state index in [1.165, 1.54) is 21.0 Å². The fourth-order valence-corrected chi connectivity index (χ4v) is 3.89. The normalized spacial score (nSPS) is 12.6. The largest absolute Gasteiger partial charge is 0.310 e. The lowest BCUT2D eigenvalue weighted by Gasteiger charge is -2.13. The summed E-state index contributed by atoms with van der Waals surface area (Å²) >= 11 is 3.68. The summed E-state index contributed by atoms with van der Waals surface area (Å²) in [6, 6.07) is 9.35. The minimum Gasteiger partial charge on any atom is -0.310 e. The van der Waals surface area contributed by atoms with Crippen molar-refractivity contribution < 1.29 is 0 Å². The Bertz CT molecular complexity index is 520. The monoisotopic (exact) mass is 306 g/mol. The molecule has 1 aromatic heterocycles. The van der Waals surface area contributed by atoms with E-state index in [9.17, 15) is 0 Å². The molecule has 0 aliphatic carbocycles. The fraction of sp³-hybridized carbons (Fsp3) is 0.438. The number of thiazole rings is 1. The quantitative estimate of drug-likeness (QED) is 0.765. The fourth-order valence-electron chi connectivity index (χ4n) is 2.10.